The summed E-state index contributed by atoms with van der Waals surface area (Å²) in [6, 6.07) is 13.4. The fraction of sp³-hybridized carbons (Fsp3) is 0.0556. The lowest BCUT2D eigenvalue weighted by molar-refractivity contribution is -0.136. The van der Waals surface area contributed by atoms with E-state index in [1.807, 2.05) is 42.5 Å². The van der Waals surface area contributed by atoms with Gasteiger partial charge < -0.3 is 5.11 Å². The molecule has 0 aliphatic carbocycles. The normalized spacial score (nSPS) is 10.4. The zero-order valence-electron chi connectivity index (χ0n) is 11.8. The summed E-state index contributed by atoms with van der Waals surface area (Å²) in [5, 5.41) is 9.18. The van der Waals surface area contributed by atoms with Gasteiger partial charge >= 0.3 is 5.97 Å². The number of rotatable bonds is 4. The topological polar surface area (TPSA) is 63.1 Å². The zero-order chi connectivity index (χ0) is 15.4. The number of hydrogen-bond donors (Lipinski definition) is 1. The second-order valence-electron chi connectivity index (χ2n) is 4.88. The maximum absolute atomic E-state index is 11.2. The van der Waals surface area contributed by atoms with Gasteiger partial charge in [-0.15, -0.1) is 0 Å². The summed E-state index contributed by atoms with van der Waals surface area (Å²) in [6.45, 7) is 0. The van der Waals surface area contributed by atoms with E-state index in [-0.39, 0.29) is 6.42 Å². The third-order valence-electron chi connectivity index (χ3n) is 3.45. The molecular weight excluding hydrogens is 276 g/mol. The van der Waals surface area contributed by atoms with Crippen LogP contribution in [-0.2, 0) is 11.2 Å². The third-order valence-corrected chi connectivity index (χ3v) is 3.45. The van der Waals surface area contributed by atoms with Crippen LogP contribution >= 0.6 is 0 Å². The molecule has 0 bridgehead atoms. The molecule has 3 aromatic rings. The van der Waals surface area contributed by atoms with Gasteiger partial charge in [0, 0.05) is 24.8 Å². The zero-order valence-corrected chi connectivity index (χ0v) is 11.8. The van der Waals surface area contributed by atoms with Crippen LogP contribution in [0.25, 0.3) is 22.3 Å². The Kier molecular flexibility index (Phi) is 3.92. The molecular formula is C18H14N2O2. The number of aromatic nitrogens is 2. The Bertz CT molecular complexity index is 787. The van der Waals surface area contributed by atoms with Crippen molar-refractivity contribution < 1.29 is 9.90 Å². The number of benzene rings is 1. The molecule has 0 saturated carbocycles. The van der Waals surface area contributed by atoms with Crippen LogP contribution < -0.4 is 0 Å². The highest BCUT2D eigenvalue weighted by molar-refractivity contribution is 5.87. The Morgan fingerprint density at radius 1 is 0.864 bits per heavy atom. The van der Waals surface area contributed by atoms with Crippen LogP contribution in [0.1, 0.15) is 5.56 Å². The Morgan fingerprint density at radius 2 is 1.45 bits per heavy atom. The Hall–Kier alpha value is -3.01. The molecule has 4 heteroatoms. The molecule has 0 aliphatic heterocycles. The molecule has 1 N–H and O–H groups in total. The van der Waals surface area contributed by atoms with Crippen molar-refractivity contribution in [1.29, 1.82) is 0 Å². The van der Waals surface area contributed by atoms with Crippen LogP contribution in [-0.4, -0.2) is 21.0 Å². The third kappa shape index (κ3) is 2.86. The fourth-order valence-corrected chi connectivity index (χ4v) is 2.54. The van der Waals surface area contributed by atoms with E-state index in [0.717, 1.165) is 27.8 Å². The maximum atomic E-state index is 11.2. The summed E-state index contributed by atoms with van der Waals surface area (Å²) in [7, 11) is 0. The first-order valence-electron chi connectivity index (χ1n) is 6.90. The summed E-state index contributed by atoms with van der Waals surface area (Å²) in [5.41, 5.74) is 4.67. The van der Waals surface area contributed by atoms with Crippen LogP contribution in [0.3, 0.4) is 0 Å². The second kappa shape index (κ2) is 6.18. The van der Waals surface area contributed by atoms with Crippen molar-refractivity contribution in [2.45, 2.75) is 6.42 Å². The van der Waals surface area contributed by atoms with E-state index in [9.17, 15) is 9.90 Å². The van der Waals surface area contributed by atoms with Crippen molar-refractivity contribution >= 4 is 5.97 Å². The van der Waals surface area contributed by atoms with E-state index in [0.29, 0.717) is 0 Å². The molecule has 0 amide bonds. The molecule has 0 spiro atoms. The number of carboxylic acids is 1. The number of hydrogen-bond acceptors (Lipinski definition) is 3. The highest BCUT2D eigenvalue weighted by Gasteiger charge is 2.14. The number of aliphatic carboxylic acids is 1. The van der Waals surface area contributed by atoms with Crippen molar-refractivity contribution in [2.24, 2.45) is 0 Å². The molecule has 2 aromatic heterocycles. The standard InChI is InChI=1S/C18H14N2O2/c21-17(22)12-15-2-1-3-16(13-4-8-19-9-5-13)18(15)14-6-10-20-11-7-14/h1-11H,12H2,(H,21,22). The molecule has 4 nitrogen and oxygen atoms in total. The quantitative estimate of drug-likeness (QED) is 0.799. The fourth-order valence-electron chi connectivity index (χ4n) is 2.54. The monoisotopic (exact) mass is 290 g/mol. The predicted molar refractivity (Wildman–Crippen MR) is 84.2 cm³/mol. The lowest BCUT2D eigenvalue weighted by atomic mass is 9.90. The number of nitrogens with zero attached hydrogens (tertiary/aromatic N) is 2. The highest BCUT2D eigenvalue weighted by Crippen LogP contribution is 2.34. The van der Waals surface area contributed by atoms with Crippen molar-refractivity contribution in [1.82, 2.24) is 9.97 Å². The van der Waals surface area contributed by atoms with Gasteiger partial charge in [-0.2, -0.15) is 0 Å². The highest BCUT2D eigenvalue weighted by atomic mass is 16.4. The average Bonchev–Trinajstić information content (AvgIpc) is 2.56. The molecule has 1 aromatic carbocycles. The van der Waals surface area contributed by atoms with E-state index < -0.39 is 5.97 Å². The molecule has 22 heavy (non-hydrogen) atoms. The molecule has 0 atom stereocenters. The maximum Gasteiger partial charge on any atom is 0.307 e. The van der Waals surface area contributed by atoms with Gasteiger partial charge in [0.2, 0.25) is 0 Å². The lowest BCUT2D eigenvalue weighted by Crippen LogP contribution is -2.03. The molecule has 0 radical (unpaired) electrons. The van der Waals surface area contributed by atoms with E-state index >= 15 is 0 Å². The van der Waals surface area contributed by atoms with Gasteiger partial charge in [0.25, 0.3) is 0 Å². The van der Waals surface area contributed by atoms with Gasteiger partial charge in [-0.3, -0.25) is 14.8 Å². The Labute approximate surface area is 128 Å². The van der Waals surface area contributed by atoms with E-state index in [2.05, 4.69) is 9.97 Å². The summed E-state index contributed by atoms with van der Waals surface area (Å²) < 4.78 is 0. The Morgan fingerprint density at radius 3 is 2.05 bits per heavy atom. The minimum absolute atomic E-state index is 0.0173. The molecule has 3 rings (SSSR count). The van der Waals surface area contributed by atoms with E-state index in [1.54, 1.807) is 24.8 Å². The van der Waals surface area contributed by atoms with Crippen LogP contribution in [0, 0.1) is 0 Å². The molecule has 0 fully saturated rings. The summed E-state index contributed by atoms with van der Waals surface area (Å²) in [5.74, 6) is -0.845. The molecule has 0 unspecified atom stereocenters. The minimum atomic E-state index is -0.845. The number of carboxylic acid groups (broad SMARTS) is 1. The first kappa shape index (κ1) is 13.9. The first-order valence-corrected chi connectivity index (χ1v) is 6.90. The van der Waals surface area contributed by atoms with E-state index in [1.165, 1.54) is 0 Å². The van der Waals surface area contributed by atoms with Crippen LogP contribution in [0.15, 0.2) is 67.3 Å². The minimum Gasteiger partial charge on any atom is -0.481 e. The van der Waals surface area contributed by atoms with Crippen LogP contribution in [0.2, 0.25) is 0 Å². The smallest absolute Gasteiger partial charge is 0.307 e. The van der Waals surface area contributed by atoms with Crippen molar-refractivity contribution in [3.8, 4) is 22.3 Å². The van der Waals surface area contributed by atoms with Crippen molar-refractivity contribution in [2.75, 3.05) is 0 Å². The van der Waals surface area contributed by atoms with Gasteiger partial charge in [0.05, 0.1) is 6.42 Å². The first-order chi connectivity index (χ1) is 10.8. The SMILES string of the molecule is O=C(O)Cc1cccc(-c2ccncc2)c1-c1ccncc1. The predicted octanol–water partition coefficient (Wildman–Crippen LogP) is 3.44. The second-order valence-corrected chi connectivity index (χ2v) is 4.88. The van der Waals surface area contributed by atoms with Gasteiger partial charge in [-0.1, -0.05) is 18.2 Å². The summed E-state index contributed by atoms with van der Waals surface area (Å²) in [6.07, 6.45) is 6.87. The van der Waals surface area contributed by atoms with Crippen molar-refractivity contribution in [3.63, 3.8) is 0 Å². The largest absolute Gasteiger partial charge is 0.481 e. The summed E-state index contributed by atoms with van der Waals surface area (Å²) in [4.78, 5) is 19.3. The van der Waals surface area contributed by atoms with Crippen LogP contribution in [0.5, 0.6) is 0 Å². The van der Waals surface area contributed by atoms with Gasteiger partial charge in [0.15, 0.2) is 0 Å². The lowest BCUT2D eigenvalue weighted by Gasteiger charge is -2.14. The van der Waals surface area contributed by atoms with Gasteiger partial charge in [-0.05, 0) is 52.1 Å². The van der Waals surface area contributed by atoms with Gasteiger partial charge in [-0.25, -0.2) is 0 Å². The van der Waals surface area contributed by atoms with E-state index in [4.69, 9.17) is 0 Å². The molecule has 2 heterocycles. The average molecular weight is 290 g/mol. The number of carbonyl (C=O) groups is 1. The molecule has 108 valence electrons. The van der Waals surface area contributed by atoms with Crippen LogP contribution in [0.4, 0.5) is 0 Å². The molecule has 0 saturated heterocycles. The Balaban J connectivity index is 2.24. The number of pyridine rings is 2. The summed E-state index contributed by atoms with van der Waals surface area (Å²) >= 11 is 0. The van der Waals surface area contributed by atoms with Gasteiger partial charge in [0.1, 0.15) is 0 Å². The van der Waals surface area contributed by atoms with Crippen molar-refractivity contribution in [3.05, 3.63) is 72.8 Å². The molecule has 0 aliphatic rings.